The number of nitrogens with zero attached hydrogens (tertiary/aromatic N) is 1. The molecule has 2 N–H and O–H groups in total. The number of phenols is 1. The Morgan fingerprint density at radius 2 is 2.00 bits per heavy atom. The highest BCUT2D eigenvalue weighted by molar-refractivity contribution is 7.22. The molecule has 0 unspecified atom stereocenters. The monoisotopic (exact) mass is 296 g/mol. The number of amides is 1. The summed E-state index contributed by atoms with van der Waals surface area (Å²) >= 11 is 1.37. The molecule has 104 valence electrons. The third kappa shape index (κ3) is 3.27. The molecule has 0 bridgehead atoms. The van der Waals surface area contributed by atoms with Crippen LogP contribution in [0.5, 0.6) is 5.75 Å². The molecular formula is C16H12N2O2S. The first-order chi connectivity index (χ1) is 10.2. The van der Waals surface area contributed by atoms with E-state index < -0.39 is 0 Å². The molecule has 0 aliphatic carbocycles. The fourth-order valence-electron chi connectivity index (χ4n) is 1.85. The van der Waals surface area contributed by atoms with E-state index >= 15 is 0 Å². The molecular weight excluding hydrogens is 284 g/mol. The number of thiazole rings is 1. The largest absolute Gasteiger partial charge is 0.508 e. The summed E-state index contributed by atoms with van der Waals surface area (Å²) in [7, 11) is 0. The number of hydrogen-bond acceptors (Lipinski definition) is 4. The number of carbonyl (C=O) groups is 1. The van der Waals surface area contributed by atoms with Crippen molar-refractivity contribution in [3.63, 3.8) is 0 Å². The van der Waals surface area contributed by atoms with E-state index in [2.05, 4.69) is 10.3 Å². The second-order valence-corrected chi connectivity index (χ2v) is 5.43. The molecule has 1 aromatic heterocycles. The van der Waals surface area contributed by atoms with Crippen molar-refractivity contribution in [2.45, 2.75) is 0 Å². The molecule has 0 fully saturated rings. The lowest BCUT2D eigenvalue weighted by molar-refractivity contribution is -0.111. The lowest BCUT2D eigenvalue weighted by Gasteiger charge is -1.95. The summed E-state index contributed by atoms with van der Waals surface area (Å²) in [6.07, 6.45) is 3.22. The zero-order chi connectivity index (χ0) is 14.7. The van der Waals surface area contributed by atoms with Crippen LogP contribution >= 0.6 is 11.3 Å². The predicted octanol–water partition coefficient (Wildman–Crippen LogP) is 3.65. The number of anilines is 1. The van der Waals surface area contributed by atoms with E-state index in [1.165, 1.54) is 17.4 Å². The third-order valence-corrected chi connectivity index (χ3v) is 3.78. The molecule has 1 heterocycles. The van der Waals surface area contributed by atoms with Gasteiger partial charge >= 0.3 is 0 Å². The second kappa shape index (κ2) is 5.76. The highest BCUT2D eigenvalue weighted by Gasteiger charge is 2.06. The fraction of sp³-hybridized carbons (Fsp3) is 0. The molecule has 5 heteroatoms. The van der Waals surface area contributed by atoms with Gasteiger partial charge in [-0.3, -0.25) is 10.1 Å². The Bertz CT molecular complexity index is 810. The van der Waals surface area contributed by atoms with Gasteiger partial charge in [-0.05, 0) is 23.8 Å². The van der Waals surface area contributed by atoms with Crippen molar-refractivity contribution in [3.05, 3.63) is 60.2 Å². The smallest absolute Gasteiger partial charge is 0.250 e. The minimum atomic E-state index is -0.234. The highest BCUT2D eigenvalue weighted by atomic mass is 32.1. The van der Waals surface area contributed by atoms with Crippen LogP contribution in [0.4, 0.5) is 5.13 Å². The van der Waals surface area contributed by atoms with E-state index in [4.69, 9.17) is 0 Å². The Hall–Kier alpha value is -2.66. The van der Waals surface area contributed by atoms with Crippen LogP contribution in [0.25, 0.3) is 16.3 Å². The van der Waals surface area contributed by atoms with Crippen LogP contribution < -0.4 is 5.32 Å². The number of hydrogen-bond donors (Lipinski definition) is 2. The van der Waals surface area contributed by atoms with Gasteiger partial charge in [-0.15, -0.1) is 0 Å². The predicted molar refractivity (Wildman–Crippen MR) is 85.4 cm³/mol. The number of benzene rings is 2. The van der Waals surface area contributed by atoms with Crippen LogP contribution in [0.3, 0.4) is 0 Å². The maximum Gasteiger partial charge on any atom is 0.250 e. The van der Waals surface area contributed by atoms with Gasteiger partial charge in [-0.1, -0.05) is 41.7 Å². The summed E-state index contributed by atoms with van der Waals surface area (Å²) in [6.45, 7) is 0. The molecule has 1 amide bonds. The standard InChI is InChI=1S/C16H12N2O2S/c19-12-7-8-14-13(10-12)17-16(21-14)18-15(20)9-6-11-4-2-1-3-5-11/h1-10,19H,(H,17,18,20)/b9-6+. The van der Waals surface area contributed by atoms with Gasteiger partial charge < -0.3 is 5.11 Å². The van der Waals surface area contributed by atoms with Gasteiger partial charge in [0.25, 0.3) is 0 Å². The number of carbonyl (C=O) groups excluding carboxylic acids is 1. The Balaban J connectivity index is 1.73. The second-order valence-electron chi connectivity index (χ2n) is 4.40. The van der Waals surface area contributed by atoms with Gasteiger partial charge in [0.2, 0.25) is 5.91 Å². The highest BCUT2D eigenvalue weighted by Crippen LogP contribution is 2.28. The molecule has 0 atom stereocenters. The first-order valence-corrected chi connectivity index (χ1v) is 7.16. The first kappa shape index (κ1) is 13.3. The molecule has 21 heavy (non-hydrogen) atoms. The van der Waals surface area contributed by atoms with E-state index in [0.717, 1.165) is 10.3 Å². The van der Waals surface area contributed by atoms with Crippen LogP contribution in [0.2, 0.25) is 0 Å². The number of rotatable bonds is 3. The lowest BCUT2D eigenvalue weighted by atomic mass is 10.2. The molecule has 4 nitrogen and oxygen atoms in total. The van der Waals surface area contributed by atoms with E-state index in [9.17, 15) is 9.90 Å². The van der Waals surface area contributed by atoms with Gasteiger partial charge in [0.1, 0.15) is 5.75 Å². The van der Waals surface area contributed by atoms with Crippen LogP contribution in [0, 0.1) is 0 Å². The molecule has 0 aliphatic rings. The zero-order valence-corrected chi connectivity index (χ0v) is 11.8. The topological polar surface area (TPSA) is 62.2 Å². The minimum absolute atomic E-state index is 0.162. The van der Waals surface area contributed by atoms with Crippen molar-refractivity contribution in [2.24, 2.45) is 0 Å². The number of nitrogens with one attached hydrogen (secondary N) is 1. The maximum atomic E-state index is 11.8. The maximum absolute atomic E-state index is 11.8. The number of aromatic nitrogens is 1. The lowest BCUT2D eigenvalue weighted by Crippen LogP contribution is -2.07. The average molecular weight is 296 g/mol. The zero-order valence-electron chi connectivity index (χ0n) is 11.0. The van der Waals surface area contributed by atoms with E-state index in [1.54, 1.807) is 24.3 Å². The van der Waals surface area contributed by atoms with Crippen molar-refractivity contribution in [3.8, 4) is 5.75 Å². The molecule has 3 rings (SSSR count). The third-order valence-electron chi connectivity index (χ3n) is 2.83. The van der Waals surface area contributed by atoms with Crippen molar-refractivity contribution in [2.75, 3.05) is 5.32 Å². The molecule has 0 spiro atoms. The van der Waals surface area contributed by atoms with E-state index in [0.29, 0.717) is 10.6 Å². The molecule has 2 aromatic carbocycles. The molecule has 0 radical (unpaired) electrons. The van der Waals surface area contributed by atoms with Gasteiger partial charge in [-0.25, -0.2) is 4.98 Å². The van der Waals surface area contributed by atoms with Crippen molar-refractivity contribution in [1.82, 2.24) is 4.98 Å². The Morgan fingerprint density at radius 3 is 2.81 bits per heavy atom. The van der Waals surface area contributed by atoms with Crippen LogP contribution in [0.1, 0.15) is 5.56 Å². The summed E-state index contributed by atoms with van der Waals surface area (Å²) in [5, 5.41) is 12.6. The Kier molecular flexibility index (Phi) is 3.66. The van der Waals surface area contributed by atoms with Crippen molar-refractivity contribution >= 4 is 38.7 Å². The van der Waals surface area contributed by atoms with Crippen molar-refractivity contribution < 1.29 is 9.90 Å². The molecule has 0 saturated carbocycles. The quantitative estimate of drug-likeness (QED) is 0.725. The summed E-state index contributed by atoms with van der Waals surface area (Å²) in [6, 6.07) is 14.5. The number of fused-ring (bicyclic) bond motifs is 1. The van der Waals surface area contributed by atoms with Crippen molar-refractivity contribution in [1.29, 1.82) is 0 Å². The van der Waals surface area contributed by atoms with Gasteiger partial charge in [-0.2, -0.15) is 0 Å². The minimum Gasteiger partial charge on any atom is -0.508 e. The Labute approximate surface area is 125 Å². The molecule has 3 aromatic rings. The van der Waals surface area contributed by atoms with Crippen LogP contribution in [-0.4, -0.2) is 16.0 Å². The van der Waals surface area contributed by atoms with Crippen LogP contribution in [0.15, 0.2) is 54.6 Å². The summed E-state index contributed by atoms with van der Waals surface area (Å²) < 4.78 is 0.912. The van der Waals surface area contributed by atoms with Gasteiger partial charge in [0.05, 0.1) is 10.2 Å². The fourth-order valence-corrected chi connectivity index (χ4v) is 2.70. The molecule has 0 aliphatic heterocycles. The van der Waals surface area contributed by atoms with Gasteiger partial charge in [0, 0.05) is 12.1 Å². The normalized spacial score (nSPS) is 11.0. The first-order valence-electron chi connectivity index (χ1n) is 6.34. The summed E-state index contributed by atoms with van der Waals surface area (Å²) in [5.41, 5.74) is 1.63. The van der Waals surface area contributed by atoms with Gasteiger partial charge in [0.15, 0.2) is 5.13 Å². The SMILES string of the molecule is O=C(/C=C/c1ccccc1)Nc1nc2cc(O)ccc2s1. The van der Waals surface area contributed by atoms with Crippen LogP contribution in [-0.2, 0) is 4.79 Å². The summed E-state index contributed by atoms with van der Waals surface area (Å²) in [4.78, 5) is 16.1. The Morgan fingerprint density at radius 1 is 1.19 bits per heavy atom. The number of aromatic hydroxyl groups is 1. The van der Waals surface area contributed by atoms with E-state index in [-0.39, 0.29) is 11.7 Å². The average Bonchev–Trinajstić information content (AvgIpc) is 2.87. The molecule has 0 saturated heterocycles. The summed E-state index contributed by atoms with van der Waals surface area (Å²) in [5.74, 6) is -0.0724. The number of phenolic OH excluding ortho intramolecular Hbond substituents is 1. The van der Waals surface area contributed by atoms with E-state index in [1.807, 2.05) is 30.3 Å².